The molecule has 0 amide bonds. The first-order chi connectivity index (χ1) is 12.4. The Kier molecular flexibility index (Phi) is 3.94. The lowest BCUT2D eigenvalue weighted by Gasteiger charge is -2.18. The first kappa shape index (κ1) is 16.6. The van der Waals surface area contributed by atoms with Gasteiger partial charge in [-0.15, -0.1) is 0 Å². The molecular weight excluding hydrogens is 343 g/mol. The smallest absolute Gasteiger partial charge is 0.364 e. The van der Waals surface area contributed by atoms with Gasteiger partial charge in [-0.1, -0.05) is 24.3 Å². The van der Waals surface area contributed by atoms with Gasteiger partial charge < -0.3 is 9.88 Å². The Balaban J connectivity index is 1.64. The fraction of sp³-hybridized carbons (Fsp3) is 0.263. The number of halogens is 3. The molecule has 0 radical (unpaired) electrons. The molecule has 0 saturated heterocycles. The van der Waals surface area contributed by atoms with Crippen LogP contribution in [0.15, 0.2) is 47.3 Å². The van der Waals surface area contributed by atoms with Gasteiger partial charge >= 0.3 is 6.18 Å². The molecule has 1 aliphatic rings. The molecule has 134 valence electrons. The van der Waals surface area contributed by atoms with Crippen LogP contribution in [0.5, 0.6) is 0 Å². The summed E-state index contributed by atoms with van der Waals surface area (Å²) in [5.74, 6) is 0.503. The molecular formula is C19H16F3N3O. The van der Waals surface area contributed by atoms with Crippen LogP contribution in [0, 0.1) is 0 Å². The predicted octanol–water partition coefficient (Wildman–Crippen LogP) is 3.59. The van der Waals surface area contributed by atoms with Crippen LogP contribution in [0.3, 0.4) is 0 Å². The van der Waals surface area contributed by atoms with Crippen molar-refractivity contribution in [3.05, 3.63) is 69.8 Å². The molecule has 26 heavy (non-hydrogen) atoms. The number of benzene rings is 2. The summed E-state index contributed by atoms with van der Waals surface area (Å²) in [5.41, 5.74) is 2.42. The summed E-state index contributed by atoms with van der Waals surface area (Å²) in [4.78, 5) is 21.6. The number of rotatable bonds is 3. The Labute approximate surface area is 147 Å². The monoisotopic (exact) mass is 359 g/mol. The third kappa shape index (κ3) is 3.29. The molecule has 1 N–H and O–H groups in total. The number of aromatic nitrogens is 2. The van der Waals surface area contributed by atoms with E-state index in [1.807, 2.05) is 18.2 Å². The molecule has 2 aromatic carbocycles. The third-order valence-electron chi connectivity index (χ3n) is 4.55. The van der Waals surface area contributed by atoms with Gasteiger partial charge in [0.15, 0.2) is 0 Å². The number of hydrogen-bond donors (Lipinski definition) is 1. The van der Waals surface area contributed by atoms with E-state index in [1.165, 1.54) is 23.8 Å². The molecule has 4 rings (SSSR count). The van der Waals surface area contributed by atoms with E-state index in [1.54, 1.807) is 0 Å². The van der Waals surface area contributed by atoms with Crippen molar-refractivity contribution in [3.63, 3.8) is 0 Å². The maximum atomic E-state index is 12.5. The molecule has 0 spiro atoms. The summed E-state index contributed by atoms with van der Waals surface area (Å²) >= 11 is 0. The minimum atomic E-state index is -4.31. The second-order valence-corrected chi connectivity index (χ2v) is 6.46. The summed E-state index contributed by atoms with van der Waals surface area (Å²) in [5, 5.41) is 0.178. The van der Waals surface area contributed by atoms with E-state index in [-0.39, 0.29) is 10.9 Å². The van der Waals surface area contributed by atoms with Gasteiger partial charge in [0, 0.05) is 12.2 Å². The molecule has 0 bridgehead atoms. The van der Waals surface area contributed by atoms with Gasteiger partial charge in [0.2, 0.25) is 0 Å². The van der Waals surface area contributed by atoms with Crippen molar-refractivity contribution in [2.45, 2.75) is 25.6 Å². The Morgan fingerprint density at radius 2 is 1.96 bits per heavy atom. The molecule has 7 heteroatoms. The quantitative estimate of drug-likeness (QED) is 0.778. The average Bonchev–Trinajstić information content (AvgIpc) is 2.97. The number of hydrogen-bond acceptors (Lipinski definition) is 3. The van der Waals surface area contributed by atoms with Crippen LogP contribution < -0.4 is 10.5 Å². The van der Waals surface area contributed by atoms with Gasteiger partial charge in [0.1, 0.15) is 5.82 Å². The lowest BCUT2D eigenvalue weighted by molar-refractivity contribution is -0.127. The molecule has 0 aliphatic carbocycles. The van der Waals surface area contributed by atoms with Crippen molar-refractivity contribution < 1.29 is 13.2 Å². The van der Waals surface area contributed by atoms with Gasteiger partial charge in [-0.3, -0.25) is 4.79 Å². The van der Waals surface area contributed by atoms with Crippen LogP contribution >= 0.6 is 0 Å². The number of H-pyrrole nitrogens is 1. The van der Waals surface area contributed by atoms with Crippen molar-refractivity contribution in [3.8, 4) is 0 Å². The highest BCUT2D eigenvalue weighted by Gasteiger charge is 2.27. The summed E-state index contributed by atoms with van der Waals surface area (Å²) in [6.07, 6.45) is -4.43. The number of fused-ring (bicyclic) bond motifs is 2. The minimum absolute atomic E-state index is 0.0542. The maximum absolute atomic E-state index is 12.5. The number of alkyl halides is 3. The van der Waals surface area contributed by atoms with Crippen molar-refractivity contribution in [1.29, 1.82) is 0 Å². The second kappa shape index (κ2) is 6.16. The SMILES string of the molecule is O=c1[nH]c(CN2CCc3ccccc32)nc2ccc(CC(F)(F)F)cc12. The number of nitrogens with zero attached hydrogens (tertiary/aromatic N) is 2. The van der Waals surface area contributed by atoms with E-state index >= 15 is 0 Å². The molecule has 2 heterocycles. The summed E-state index contributed by atoms with van der Waals surface area (Å²) in [6, 6.07) is 12.2. The van der Waals surface area contributed by atoms with Crippen molar-refractivity contribution in [2.24, 2.45) is 0 Å². The maximum Gasteiger partial charge on any atom is 0.393 e. The second-order valence-electron chi connectivity index (χ2n) is 6.46. The summed E-state index contributed by atoms with van der Waals surface area (Å²) < 4.78 is 37.6. The van der Waals surface area contributed by atoms with Crippen LogP contribution in [0.1, 0.15) is 17.0 Å². The fourth-order valence-corrected chi connectivity index (χ4v) is 3.40. The normalized spacial score (nSPS) is 14.0. The van der Waals surface area contributed by atoms with Gasteiger partial charge in [0.05, 0.1) is 23.9 Å². The molecule has 1 aliphatic heterocycles. The van der Waals surface area contributed by atoms with Crippen LogP contribution in [0.4, 0.5) is 18.9 Å². The van der Waals surface area contributed by atoms with Crippen molar-refractivity contribution >= 4 is 16.6 Å². The molecule has 0 fully saturated rings. The third-order valence-corrected chi connectivity index (χ3v) is 4.55. The Bertz CT molecular complexity index is 1030. The van der Waals surface area contributed by atoms with Crippen LogP contribution in [-0.2, 0) is 19.4 Å². The standard InChI is InChI=1S/C19H16F3N3O/c20-19(21,22)10-12-5-6-15-14(9-12)18(26)24-17(23-15)11-25-8-7-13-3-1-2-4-16(13)25/h1-6,9H,7-8,10-11H2,(H,23,24,26). The van der Waals surface area contributed by atoms with E-state index < -0.39 is 18.2 Å². The molecule has 4 nitrogen and oxygen atoms in total. The number of para-hydroxylation sites is 1. The molecule has 0 saturated carbocycles. The van der Waals surface area contributed by atoms with E-state index in [2.05, 4.69) is 20.9 Å². The zero-order chi connectivity index (χ0) is 18.3. The molecule has 3 aromatic rings. The van der Waals surface area contributed by atoms with Gasteiger partial charge in [-0.2, -0.15) is 13.2 Å². The molecule has 1 aromatic heterocycles. The van der Waals surface area contributed by atoms with E-state index in [9.17, 15) is 18.0 Å². The minimum Gasteiger partial charge on any atom is -0.364 e. The van der Waals surface area contributed by atoms with E-state index in [0.29, 0.717) is 17.9 Å². The lowest BCUT2D eigenvalue weighted by atomic mass is 10.1. The highest BCUT2D eigenvalue weighted by atomic mass is 19.4. The van der Waals surface area contributed by atoms with Crippen LogP contribution in [0.25, 0.3) is 10.9 Å². The number of aromatic amines is 1. The highest BCUT2D eigenvalue weighted by Crippen LogP contribution is 2.28. The summed E-state index contributed by atoms with van der Waals surface area (Å²) in [7, 11) is 0. The average molecular weight is 359 g/mol. The van der Waals surface area contributed by atoms with Crippen LogP contribution in [0.2, 0.25) is 0 Å². The van der Waals surface area contributed by atoms with E-state index in [0.717, 1.165) is 18.7 Å². The van der Waals surface area contributed by atoms with Crippen molar-refractivity contribution in [2.75, 3.05) is 11.4 Å². The van der Waals surface area contributed by atoms with Gasteiger partial charge in [-0.05, 0) is 35.7 Å². The first-order valence-corrected chi connectivity index (χ1v) is 8.30. The number of nitrogens with one attached hydrogen (secondary N) is 1. The van der Waals surface area contributed by atoms with Crippen LogP contribution in [-0.4, -0.2) is 22.7 Å². The zero-order valence-corrected chi connectivity index (χ0v) is 13.8. The molecule has 0 unspecified atom stereocenters. The predicted molar refractivity (Wildman–Crippen MR) is 93.3 cm³/mol. The Morgan fingerprint density at radius 1 is 1.15 bits per heavy atom. The topological polar surface area (TPSA) is 49.0 Å². The van der Waals surface area contributed by atoms with Crippen molar-refractivity contribution in [1.82, 2.24) is 9.97 Å². The fourth-order valence-electron chi connectivity index (χ4n) is 3.40. The highest BCUT2D eigenvalue weighted by molar-refractivity contribution is 5.78. The van der Waals surface area contributed by atoms with E-state index in [4.69, 9.17) is 0 Å². The van der Waals surface area contributed by atoms with Gasteiger partial charge in [-0.25, -0.2) is 4.98 Å². The first-order valence-electron chi connectivity index (χ1n) is 8.30. The Hall–Kier alpha value is -2.83. The zero-order valence-electron chi connectivity index (χ0n) is 13.8. The number of anilines is 1. The Morgan fingerprint density at radius 3 is 2.77 bits per heavy atom. The molecule has 0 atom stereocenters. The summed E-state index contributed by atoms with van der Waals surface area (Å²) in [6.45, 7) is 1.29. The van der Waals surface area contributed by atoms with Gasteiger partial charge in [0.25, 0.3) is 5.56 Å². The largest absolute Gasteiger partial charge is 0.393 e. The lowest BCUT2D eigenvalue weighted by Crippen LogP contribution is -2.23.